The molecule has 4 heterocycles. The molecule has 0 atom stereocenters. The Morgan fingerprint density at radius 2 is 1.39 bits per heavy atom. The van der Waals surface area contributed by atoms with Crippen LogP contribution in [0, 0.1) is 0 Å². The van der Waals surface area contributed by atoms with E-state index in [1.165, 1.54) is 23.4 Å². The average Bonchev–Trinajstić information content (AvgIpc) is 3.55. The number of H-pyrrole nitrogens is 1. The molecule has 4 aromatic rings. The number of aromatic nitrogens is 1. The number of unbranched alkanes of at least 4 members (excludes halogenated alkanes) is 1. The molecule has 3 aliphatic heterocycles. The van der Waals surface area contributed by atoms with Gasteiger partial charge in [0.25, 0.3) is 0 Å². The van der Waals surface area contributed by atoms with Gasteiger partial charge in [-0.15, -0.1) is 0 Å². The van der Waals surface area contributed by atoms with Crippen molar-refractivity contribution in [2.24, 2.45) is 0 Å². The first-order chi connectivity index (χ1) is 22.7. The molecule has 244 valence electrons. The van der Waals surface area contributed by atoms with Crippen LogP contribution in [-0.4, -0.2) is 93.0 Å². The molecule has 1 aromatic heterocycles. The van der Waals surface area contributed by atoms with E-state index in [2.05, 4.69) is 103 Å². The van der Waals surface area contributed by atoms with Crippen LogP contribution in [0.5, 0.6) is 0 Å². The SMILES string of the molecule is C1=CCNCC1.O=C(O)c1ccc2[nH]cc(CCCCN3CCN(c4ccccc4)CC3)c2c1.c1ccc(N2CCNCC2)cc1. The Morgan fingerprint density at radius 3 is 1.96 bits per heavy atom. The Bertz CT molecular complexity index is 1470. The van der Waals surface area contributed by atoms with Crippen LogP contribution < -0.4 is 20.4 Å². The van der Waals surface area contributed by atoms with Crippen LogP contribution in [0.15, 0.2) is 97.2 Å². The van der Waals surface area contributed by atoms with E-state index in [1.54, 1.807) is 12.1 Å². The second-order valence-electron chi connectivity index (χ2n) is 12.0. The van der Waals surface area contributed by atoms with Gasteiger partial charge in [0.2, 0.25) is 0 Å². The van der Waals surface area contributed by atoms with Crippen molar-refractivity contribution in [2.75, 3.05) is 81.8 Å². The summed E-state index contributed by atoms with van der Waals surface area (Å²) in [5.41, 5.74) is 5.25. The lowest BCUT2D eigenvalue weighted by Crippen LogP contribution is -2.46. The molecule has 0 amide bonds. The molecule has 2 saturated heterocycles. The summed E-state index contributed by atoms with van der Waals surface area (Å²) in [7, 11) is 0. The van der Waals surface area contributed by atoms with Crippen LogP contribution in [-0.2, 0) is 6.42 Å². The van der Waals surface area contributed by atoms with Gasteiger partial charge in [-0.25, -0.2) is 4.79 Å². The third kappa shape index (κ3) is 10.2. The molecule has 0 bridgehead atoms. The lowest BCUT2D eigenvalue weighted by atomic mass is 10.0. The van der Waals surface area contributed by atoms with E-state index in [4.69, 9.17) is 0 Å². The van der Waals surface area contributed by atoms with Crippen molar-refractivity contribution in [1.82, 2.24) is 20.5 Å². The summed E-state index contributed by atoms with van der Waals surface area (Å²) in [6.07, 6.45) is 10.8. The molecule has 8 heteroatoms. The lowest BCUT2D eigenvalue weighted by Gasteiger charge is -2.36. The standard InChI is InChI=1S/C23H27N3O2.C10H14N2.C5H9N/c27-23(28)18-9-10-22-21(16-18)19(17-24-22)6-4-5-11-25-12-14-26(15-13-25)20-7-2-1-3-8-20;1-2-4-10(5-3-1)12-8-6-11-7-9-12;1-2-4-6-5-3-1/h1-3,7-10,16-17,24H,4-6,11-15H2,(H,27,28);1-5,11H,6-9H2;1-2,6H,3-5H2. The first kappa shape index (κ1) is 33.3. The van der Waals surface area contributed by atoms with Crippen LogP contribution in [0.25, 0.3) is 10.9 Å². The van der Waals surface area contributed by atoms with Crippen molar-refractivity contribution < 1.29 is 9.90 Å². The number of carboxylic acids is 1. The van der Waals surface area contributed by atoms with E-state index < -0.39 is 5.97 Å². The average molecular weight is 623 g/mol. The number of aryl methyl sites for hydroxylation is 1. The Balaban J connectivity index is 0.000000188. The molecule has 3 aliphatic rings. The molecule has 2 fully saturated rings. The zero-order chi connectivity index (χ0) is 31.8. The van der Waals surface area contributed by atoms with Gasteiger partial charge in [-0.3, -0.25) is 4.90 Å². The fourth-order valence-electron chi connectivity index (χ4n) is 6.17. The Hall–Kier alpha value is -4.11. The first-order valence-electron chi connectivity index (χ1n) is 16.9. The smallest absolute Gasteiger partial charge is 0.335 e. The molecule has 0 radical (unpaired) electrons. The number of hydrogen-bond donors (Lipinski definition) is 4. The molecular weight excluding hydrogens is 572 g/mol. The van der Waals surface area contributed by atoms with E-state index in [0.29, 0.717) is 5.56 Å². The fraction of sp³-hybridized carbons (Fsp3) is 0.395. The summed E-state index contributed by atoms with van der Waals surface area (Å²) in [5.74, 6) is -0.872. The van der Waals surface area contributed by atoms with Gasteiger partial charge in [0, 0.05) is 87.4 Å². The summed E-state index contributed by atoms with van der Waals surface area (Å²) in [6.45, 7) is 12.2. The number of nitrogens with one attached hydrogen (secondary N) is 3. The highest BCUT2D eigenvalue weighted by molar-refractivity contribution is 5.94. The first-order valence-corrected chi connectivity index (χ1v) is 16.9. The minimum absolute atomic E-state index is 0.352. The fourth-order valence-corrected chi connectivity index (χ4v) is 6.17. The van der Waals surface area contributed by atoms with Gasteiger partial charge in [-0.2, -0.15) is 0 Å². The summed E-state index contributed by atoms with van der Waals surface area (Å²) in [6, 6.07) is 26.5. The van der Waals surface area contributed by atoms with Crippen molar-refractivity contribution in [1.29, 1.82) is 0 Å². The van der Waals surface area contributed by atoms with Gasteiger partial charge in [-0.05, 0) is 86.8 Å². The number of aromatic carboxylic acids is 1. The number of para-hydroxylation sites is 2. The maximum atomic E-state index is 11.2. The summed E-state index contributed by atoms with van der Waals surface area (Å²) in [5, 5.41) is 16.8. The molecule has 0 aliphatic carbocycles. The molecule has 0 saturated carbocycles. The number of aromatic amines is 1. The third-order valence-electron chi connectivity index (χ3n) is 8.83. The van der Waals surface area contributed by atoms with Gasteiger partial charge in [0.1, 0.15) is 0 Å². The van der Waals surface area contributed by atoms with Crippen LogP contribution in [0.1, 0.15) is 35.2 Å². The summed E-state index contributed by atoms with van der Waals surface area (Å²) < 4.78 is 0. The number of carbonyl (C=O) groups is 1. The van der Waals surface area contributed by atoms with E-state index in [-0.39, 0.29) is 0 Å². The number of carboxylic acid groups (broad SMARTS) is 1. The second-order valence-corrected chi connectivity index (χ2v) is 12.0. The van der Waals surface area contributed by atoms with Crippen molar-refractivity contribution >= 4 is 28.2 Å². The number of piperazine rings is 2. The molecule has 46 heavy (non-hydrogen) atoms. The number of anilines is 2. The maximum Gasteiger partial charge on any atom is 0.335 e. The molecule has 0 spiro atoms. The Morgan fingerprint density at radius 1 is 0.717 bits per heavy atom. The van der Waals surface area contributed by atoms with Crippen molar-refractivity contribution in [3.8, 4) is 0 Å². The number of benzene rings is 3. The number of fused-ring (bicyclic) bond motifs is 1. The van der Waals surface area contributed by atoms with Gasteiger partial charge >= 0.3 is 5.97 Å². The van der Waals surface area contributed by atoms with E-state index >= 15 is 0 Å². The zero-order valence-electron chi connectivity index (χ0n) is 27.0. The summed E-state index contributed by atoms with van der Waals surface area (Å²) >= 11 is 0. The minimum Gasteiger partial charge on any atom is -0.478 e. The Labute approximate surface area is 274 Å². The van der Waals surface area contributed by atoms with Crippen molar-refractivity contribution in [2.45, 2.75) is 25.7 Å². The zero-order valence-corrected chi connectivity index (χ0v) is 27.0. The monoisotopic (exact) mass is 622 g/mol. The Kier molecular flexibility index (Phi) is 13.1. The van der Waals surface area contributed by atoms with Crippen molar-refractivity contribution in [3.63, 3.8) is 0 Å². The molecule has 8 nitrogen and oxygen atoms in total. The van der Waals surface area contributed by atoms with Crippen LogP contribution in [0.4, 0.5) is 11.4 Å². The molecule has 4 N–H and O–H groups in total. The highest BCUT2D eigenvalue weighted by Crippen LogP contribution is 2.22. The second kappa shape index (κ2) is 18.1. The predicted octanol–water partition coefficient (Wildman–Crippen LogP) is 5.64. The van der Waals surface area contributed by atoms with Gasteiger partial charge in [0.15, 0.2) is 0 Å². The van der Waals surface area contributed by atoms with E-state index in [9.17, 15) is 9.90 Å². The largest absolute Gasteiger partial charge is 0.478 e. The van der Waals surface area contributed by atoms with Crippen LogP contribution in [0.2, 0.25) is 0 Å². The summed E-state index contributed by atoms with van der Waals surface area (Å²) in [4.78, 5) is 21.9. The number of hydrogen-bond acceptors (Lipinski definition) is 6. The van der Waals surface area contributed by atoms with Crippen molar-refractivity contribution in [3.05, 3.63) is 108 Å². The van der Waals surface area contributed by atoms with Crippen LogP contribution >= 0.6 is 0 Å². The minimum atomic E-state index is -0.872. The maximum absolute atomic E-state index is 11.2. The topological polar surface area (TPSA) is 86.9 Å². The van der Waals surface area contributed by atoms with E-state index in [0.717, 1.165) is 102 Å². The highest BCUT2D eigenvalue weighted by Gasteiger charge is 2.16. The van der Waals surface area contributed by atoms with Gasteiger partial charge in [0.05, 0.1) is 5.56 Å². The van der Waals surface area contributed by atoms with E-state index in [1.807, 2.05) is 12.3 Å². The number of nitrogens with zero attached hydrogens (tertiary/aromatic N) is 3. The normalized spacial score (nSPS) is 16.7. The lowest BCUT2D eigenvalue weighted by molar-refractivity contribution is 0.0697. The quantitative estimate of drug-likeness (QED) is 0.149. The van der Waals surface area contributed by atoms with Crippen LogP contribution in [0.3, 0.4) is 0 Å². The highest BCUT2D eigenvalue weighted by atomic mass is 16.4. The van der Waals surface area contributed by atoms with Gasteiger partial charge in [-0.1, -0.05) is 48.6 Å². The molecule has 7 rings (SSSR count). The molecule has 0 unspecified atom stereocenters. The molecule has 3 aromatic carbocycles. The molecular formula is C38H50N6O2. The predicted molar refractivity (Wildman–Crippen MR) is 191 cm³/mol. The van der Waals surface area contributed by atoms with Gasteiger partial charge < -0.3 is 30.5 Å². The number of rotatable bonds is 8. The third-order valence-corrected chi connectivity index (χ3v) is 8.83.